The van der Waals surface area contributed by atoms with E-state index in [9.17, 15) is 0 Å². The Morgan fingerprint density at radius 3 is 2.46 bits per heavy atom. The molecule has 0 atom stereocenters. The van der Waals surface area contributed by atoms with Gasteiger partial charge in [0.15, 0.2) is 0 Å². The van der Waals surface area contributed by atoms with Gasteiger partial charge in [0.25, 0.3) is 0 Å². The van der Waals surface area contributed by atoms with Crippen LogP contribution in [-0.2, 0) is 0 Å². The Balaban J connectivity index is 1.57. The SMILES string of the molecule is CN(C)CCNc1ccnc(Nc2ccc(N3CCN(C)CC3)cc2)n1. The minimum Gasteiger partial charge on any atom is -0.369 e. The Hall–Kier alpha value is -2.38. The second-order valence-electron chi connectivity index (χ2n) is 6.96. The van der Waals surface area contributed by atoms with Crippen molar-refractivity contribution in [2.24, 2.45) is 0 Å². The molecule has 1 aromatic heterocycles. The summed E-state index contributed by atoms with van der Waals surface area (Å²) in [5.41, 5.74) is 2.26. The normalized spacial score (nSPS) is 15.3. The largest absolute Gasteiger partial charge is 0.369 e. The van der Waals surface area contributed by atoms with Gasteiger partial charge in [0.05, 0.1) is 0 Å². The smallest absolute Gasteiger partial charge is 0.229 e. The minimum atomic E-state index is 0.604. The maximum Gasteiger partial charge on any atom is 0.229 e. The lowest BCUT2D eigenvalue weighted by atomic mass is 10.2. The van der Waals surface area contributed by atoms with Gasteiger partial charge in [-0.2, -0.15) is 4.98 Å². The molecule has 1 fully saturated rings. The van der Waals surface area contributed by atoms with Crippen molar-refractivity contribution in [3.63, 3.8) is 0 Å². The van der Waals surface area contributed by atoms with E-state index in [0.717, 1.165) is 50.8 Å². The van der Waals surface area contributed by atoms with Crippen LogP contribution < -0.4 is 15.5 Å². The van der Waals surface area contributed by atoms with Crippen LogP contribution in [0.2, 0.25) is 0 Å². The van der Waals surface area contributed by atoms with Gasteiger partial charge in [-0.05, 0) is 51.5 Å². The van der Waals surface area contributed by atoms with Gasteiger partial charge >= 0.3 is 0 Å². The van der Waals surface area contributed by atoms with Crippen molar-refractivity contribution in [2.45, 2.75) is 0 Å². The second kappa shape index (κ2) is 8.82. The van der Waals surface area contributed by atoms with Gasteiger partial charge in [-0.3, -0.25) is 0 Å². The molecule has 1 aliphatic rings. The molecular formula is C19H29N7. The van der Waals surface area contributed by atoms with E-state index in [1.54, 1.807) is 6.20 Å². The van der Waals surface area contributed by atoms with Crippen molar-refractivity contribution in [1.29, 1.82) is 0 Å². The van der Waals surface area contributed by atoms with Crippen LogP contribution in [0.1, 0.15) is 0 Å². The summed E-state index contributed by atoms with van der Waals surface area (Å²) >= 11 is 0. The van der Waals surface area contributed by atoms with Crippen molar-refractivity contribution >= 4 is 23.1 Å². The van der Waals surface area contributed by atoms with E-state index < -0.39 is 0 Å². The lowest BCUT2D eigenvalue weighted by molar-refractivity contribution is 0.313. The number of anilines is 4. The lowest BCUT2D eigenvalue weighted by Crippen LogP contribution is -2.44. The molecule has 7 heteroatoms. The molecule has 7 nitrogen and oxygen atoms in total. The number of benzene rings is 1. The molecule has 1 aliphatic heterocycles. The van der Waals surface area contributed by atoms with Crippen LogP contribution in [0.3, 0.4) is 0 Å². The molecule has 0 unspecified atom stereocenters. The lowest BCUT2D eigenvalue weighted by Gasteiger charge is -2.34. The first kappa shape index (κ1) is 18.4. The van der Waals surface area contributed by atoms with Crippen LogP contribution in [0.15, 0.2) is 36.5 Å². The average molecular weight is 355 g/mol. The van der Waals surface area contributed by atoms with Gasteiger partial charge in [-0.15, -0.1) is 0 Å². The quantitative estimate of drug-likeness (QED) is 0.787. The second-order valence-corrected chi connectivity index (χ2v) is 6.96. The summed E-state index contributed by atoms with van der Waals surface area (Å²) in [5, 5.41) is 6.60. The predicted octanol–water partition coefficient (Wildman–Crippen LogP) is 1.95. The molecule has 0 saturated carbocycles. The third-order valence-electron chi connectivity index (χ3n) is 4.51. The van der Waals surface area contributed by atoms with Gasteiger partial charge in [0, 0.05) is 56.8 Å². The first-order chi connectivity index (χ1) is 12.6. The molecule has 2 N–H and O–H groups in total. The number of piperazine rings is 1. The Kier molecular flexibility index (Phi) is 6.25. The third-order valence-corrected chi connectivity index (χ3v) is 4.51. The number of rotatable bonds is 7. The van der Waals surface area contributed by atoms with E-state index in [-0.39, 0.29) is 0 Å². The number of nitrogens with zero attached hydrogens (tertiary/aromatic N) is 5. The zero-order chi connectivity index (χ0) is 18.4. The van der Waals surface area contributed by atoms with Gasteiger partial charge in [0.1, 0.15) is 5.82 Å². The average Bonchev–Trinajstić information content (AvgIpc) is 2.63. The van der Waals surface area contributed by atoms with Crippen LogP contribution in [0.5, 0.6) is 0 Å². The number of nitrogens with one attached hydrogen (secondary N) is 2. The number of aromatic nitrogens is 2. The summed E-state index contributed by atoms with van der Waals surface area (Å²) in [7, 11) is 6.29. The van der Waals surface area contributed by atoms with Crippen LogP contribution in [0.25, 0.3) is 0 Å². The summed E-state index contributed by atoms with van der Waals surface area (Å²) in [6.45, 7) is 6.19. The molecule has 0 radical (unpaired) electrons. The first-order valence-electron chi connectivity index (χ1n) is 9.12. The molecule has 3 rings (SSSR count). The van der Waals surface area contributed by atoms with Crippen LogP contribution in [-0.4, -0.2) is 80.2 Å². The van der Waals surface area contributed by atoms with Gasteiger partial charge in [0.2, 0.25) is 5.95 Å². The fraction of sp³-hybridized carbons (Fsp3) is 0.474. The molecule has 0 spiro atoms. The molecular weight excluding hydrogens is 326 g/mol. The van der Waals surface area contributed by atoms with E-state index >= 15 is 0 Å². The van der Waals surface area contributed by atoms with Crippen molar-refractivity contribution in [2.75, 3.05) is 75.9 Å². The van der Waals surface area contributed by atoms with Gasteiger partial charge in [-0.25, -0.2) is 4.98 Å². The maximum atomic E-state index is 4.52. The maximum absolute atomic E-state index is 4.52. The molecule has 2 aromatic rings. The van der Waals surface area contributed by atoms with Gasteiger partial charge < -0.3 is 25.3 Å². The number of hydrogen-bond donors (Lipinski definition) is 2. The monoisotopic (exact) mass is 355 g/mol. The van der Waals surface area contributed by atoms with Crippen molar-refractivity contribution < 1.29 is 0 Å². The molecule has 26 heavy (non-hydrogen) atoms. The Morgan fingerprint density at radius 2 is 1.77 bits per heavy atom. The van der Waals surface area contributed by atoms with E-state index in [1.165, 1.54) is 5.69 Å². The topological polar surface area (TPSA) is 59.6 Å². The van der Waals surface area contributed by atoms with Crippen molar-refractivity contribution in [3.8, 4) is 0 Å². The fourth-order valence-electron chi connectivity index (χ4n) is 2.87. The van der Waals surface area contributed by atoms with Crippen LogP contribution in [0, 0.1) is 0 Å². The molecule has 0 bridgehead atoms. The third kappa shape index (κ3) is 5.31. The number of likely N-dealkylation sites (N-methyl/N-ethyl adjacent to an activating group) is 2. The van der Waals surface area contributed by atoms with Crippen molar-refractivity contribution in [3.05, 3.63) is 36.5 Å². The van der Waals surface area contributed by atoms with E-state index in [1.807, 2.05) is 6.07 Å². The zero-order valence-electron chi connectivity index (χ0n) is 15.9. The Labute approximate surface area is 156 Å². The van der Waals surface area contributed by atoms with Gasteiger partial charge in [-0.1, -0.05) is 0 Å². The summed E-state index contributed by atoms with van der Waals surface area (Å²) in [4.78, 5) is 15.8. The summed E-state index contributed by atoms with van der Waals surface area (Å²) < 4.78 is 0. The van der Waals surface area contributed by atoms with E-state index in [4.69, 9.17) is 0 Å². The molecule has 2 heterocycles. The molecule has 1 aromatic carbocycles. The van der Waals surface area contributed by atoms with E-state index in [0.29, 0.717) is 5.95 Å². The Bertz CT molecular complexity index is 679. The van der Waals surface area contributed by atoms with Crippen LogP contribution in [0.4, 0.5) is 23.1 Å². The Morgan fingerprint density at radius 1 is 1.04 bits per heavy atom. The summed E-state index contributed by atoms with van der Waals surface area (Å²) in [5.74, 6) is 1.44. The highest BCUT2D eigenvalue weighted by molar-refractivity contribution is 5.60. The molecule has 0 amide bonds. The van der Waals surface area contributed by atoms with Crippen LogP contribution >= 0.6 is 0 Å². The first-order valence-corrected chi connectivity index (χ1v) is 9.12. The highest BCUT2D eigenvalue weighted by Crippen LogP contribution is 2.21. The number of hydrogen-bond acceptors (Lipinski definition) is 7. The highest BCUT2D eigenvalue weighted by atomic mass is 15.2. The molecule has 1 saturated heterocycles. The zero-order valence-corrected chi connectivity index (χ0v) is 15.9. The summed E-state index contributed by atoms with van der Waals surface area (Å²) in [6.07, 6.45) is 1.77. The summed E-state index contributed by atoms with van der Waals surface area (Å²) in [6, 6.07) is 10.4. The van der Waals surface area contributed by atoms with Crippen molar-refractivity contribution in [1.82, 2.24) is 19.8 Å². The molecule has 140 valence electrons. The molecule has 0 aliphatic carbocycles. The minimum absolute atomic E-state index is 0.604. The standard InChI is InChI=1S/C19H29N7/c1-24(2)11-10-20-18-8-9-21-19(23-18)22-16-4-6-17(7-5-16)26-14-12-25(3)13-15-26/h4-9H,10-15H2,1-3H3,(H2,20,21,22,23). The van der Waals surface area contributed by atoms with E-state index in [2.05, 4.69) is 80.7 Å². The highest BCUT2D eigenvalue weighted by Gasteiger charge is 2.14. The fourth-order valence-corrected chi connectivity index (χ4v) is 2.87. The predicted molar refractivity (Wildman–Crippen MR) is 109 cm³/mol.